The topological polar surface area (TPSA) is 70.6 Å². The molecule has 0 aliphatic rings. The Labute approximate surface area is 108 Å². The summed E-state index contributed by atoms with van der Waals surface area (Å²) < 4.78 is 5.94. The molecule has 1 aromatic carbocycles. The minimum atomic E-state index is -0.352. The third kappa shape index (κ3) is 4.33. The molecule has 5 nitrogen and oxygen atoms in total. The summed E-state index contributed by atoms with van der Waals surface area (Å²) >= 11 is 3.40. The molecular weight excluding hydrogens is 288 g/mol. The van der Waals surface area contributed by atoms with Gasteiger partial charge in [0.1, 0.15) is 0 Å². The van der Waals surface area contributed by atoms with Gasteiger partial charge in [-0.25, -0.2) is 4.79 Å². The van der Waals surface area contributed by atoms with Crippen LogP contribution >= 0.6 is 15.9 Å². The summed E-state index contributed by atoms with van der Waals surface area (Å²) in [7, 11) is 1.59. The predicted molar refractivity (Wildman–Crippen MR) is 69.0 cm³/mol. The van der Waals surface area contributed by atoms with Gasteiger partial charge in [-0.3, -0.25) is 0 Å². The van der Waals surface area contributed by atoms with Gasteiger partial charge in [-0.15, -0.1) is 0 Å². The van der Waals surface area contributed by atoms with Crippen molar-refractivity contribution >= 4 is 27.6 Å². The van der Waals surface area contributed by atoms with E-state index >= 15 is 0 Å². The molecule has 6 heteroatoms. The second-order valence-electron chi connectivity index (χ2n) is 3.30. The van der Waals surface area contributed by atoms with E-state index in [0.29, 0.717) is 12.3 Å². The number of hydrogen-bond acceptors (Lipinski definition) is 3. The van der Waals surface area contributed by atoms with Crippen LogP contribution in [0.3, 0.4) is 0 Å². The highest BCUT2D eigenvalue weighted by atomic mass is 79.9. The second-order valence-corrected chi connectivity index (χ2v) is 4.16. The van der Waals surface area contributed by atoms with Gasteiger partial charge in [-0.05, 0) is 12.1 Å². The first kappa shape index (κ1) is 14.0. The normalized spacial score (nSPS) is 10.1. The summed E-state index contributed by atoms with van der Waals surface area (Å²) in [5, 5.41) is 13.8. The van der Waals surface area contributed by atoms with Crippen molar-refractivity contribution in [3.63, 3.8) is 0 Å². The highest BCUT2D eigenvalue weighted by molar-refractivity contribution is 9.10. The van der Waals surface area contributed by atoms with Gasteiger partial charge < -0.3 is 20.5 Å². The van der Waals surface area contributed by atoms with Crippen molar-refractivity contribution < 1.29 is 14.6 Å². The number of carbonyl (C=O) groups excluding carboxylic acids is 1. The fourth-order valence-electron chi connectivity index (χ4n) is 1.30. The van der Waals surface area contributed by atoms with Gasteiger partial charge in [0.15, 0.2) is 0 Å². The number of carbonyl (C=O) groups is 1. The van der Waals surface area contributed by atoms with Gasteiger partial charge >= 0.3 is 6.03 Å². The summed E-state index contributed by atoms with van der Waals surface area (Å²) in [5.74, 6) is 0. The van der Waals surface area contributed by atoms with E-state index in [0.717, 1.165) is 10.0 Å². The van der Waals surface area contributed by atoms with Crippen LogP contribution < -0.4 is 10.6 Å². The zero-order valence-electron chi connectivity index (χ0n) is 9.50. The quantitative estimate of drug-likeness (QED) is 0.775. The molecule has 0 saturated carbocycles. The maximum absolute atomic E-state index is 11.4. The summed E-state index contributed by atoms with van der Waals surface area (Å²) in [4.78, 5) is 11.4. The maximum Gasteiger partial charge on any atom is 0.319 e. The predicted octanol–water partition coefficient (Wildman–Crippen LogP) is 1.71. The van der Waals surface area contributed by atoms with Gasteiger partial charge in [-0.2, -0.15) is 0 Å². The lowest BCUT2D eigenvalue weighted by atomic mass is 10.2. The molecule has 0 aromatic heterocycles. The SMILES string of the molecule is COCc1c(Br)cccc1NC(=O)NCCO. The van der Waals surface area contributed by atoms with Crippen molar-refractivity contribution in [2.75, 3.05) is 25.6 Å². The fraction of sp³-hybridized carbons (Fsp3) is 0.364. The van der Waals surface area contributed by atoms with E-state index in [1.165, 1.54) is 0 Å². The Morgan fingerprint density at radius 3 is 2.94 bits per heavy atom. The molecule has 1 rings (SSSR count). The van der Waals surface area contributed by atoms with E-state index in [1.807, 2.05) is 12.1 Å². The second kappa shape index (κ2) is 7.26. The Kier molecular flexibility index (Phi) is 5.96. The number of benzene rings is 1. The number of anilines is 1. The lowest BCUT2D eigenvalue weighted by molar-refractivity contribution is 0.185. The first-order valence-corrected chi connectivity index (χ1v) is 5.90. The van der Waals surface area contributed by atoms with Crippen LogP contribution in [0.2, 0.25) is 0 Å². The average Bonchev–Trinajstić information content (AvgIpc) is 2.31. The number of urea groups is 1. The van der Waals surface area contributed by atoms with Crippen molar-refractivity contribution in [3.8, 4) is 0 Å². The highest BCUT2D eigenvalue weighted by Crippen LogP contribution is 2.25. The summed E-state index contributed by atoms with van der Waals surface area (Å²) in [6.07, 6.45) is 0. The number of ether oxygens (including phenoxy) is 1. The van der Waals surface area contributed by atoms with Crippen LogP contribution in [0, 0.1) is 0 Å². The molecule has 0 bridgehead atoms. The first-order valence-electron chi connectivity index (χ1n) is 5.11. The number of aliphatic hydroxyl groups is 1. The van der Waals surface area contributed by atoms with Gasteiger partial charge in [-0.1, -0.05) is 22.0 Å². The fourth-order valence-corrected chi connectivity index (χ4v) is 1.78. The molecule has 0 fully saturated rings. The number of amides is 2. The minimum absolute atomic E-state index is 0.0865. The molecule has 0 saturated heterocycles. The van der Waals surface area contributed by atoms with E-state index < -0.39 is 0 Å². The van der Waals surface area contributed by atoms with E-state index in [1.54, 1.807) is 13.2 Å². The third-order valence-corrected chi connectivity index (χ3v) is 2.80. The van der Waals surface area contributed by atoms with E-state index in [2.05, 4.69) is 26.6 Å². The summed E-state index contributed by atoms with van der Waals surface area (Å²) in [5.41, 5.74) is 1.55. The molecule has 0 heterocycles. The standard InChI is InChI=1S/C11H15BrN2O3/c1-17-7-8-9(12)3-2-4-10(8)14-11(16)13-5-6-15/h2-4,15H,5-7H2,1H3,(H2,13,14,16). The molecule has 0 spiro atoms. The summed E-state index contributed by atoms with van der Waals surface area (Å²) in [6, 6.07) is 5.14. The van der Waals surface area contributed by atoms with E-state index in [-0.39, 0.29) is 19.2 Å². The zero-order chi connectivity index (χ0) is 12.7. The molecule has 2 amide bonds. The number of hydrogen-bond donors (Lipinski definition) is 3. The zero-order valence-corrected chi connectivity index (χ0v) is 11.1. The Morgan fingerprint density at radius 1 is 1.53 bits per heavy atom. The number of aliphatic hydroxyl groups excluding tert-OH is 1. The van der Waals surface area contributed by atoms with Gasteiger partial charge in [0, 0.05) is 29.4 Å². The summed E-state index contributed by atoms with van der Waals surface area (Å²) in [6.45, 7) is 0.535. The molecule has 0 aliphatic carbocycles. The van der Waals surface area contributed by atoms with Gasteiger partial charge in [0.2, 0.25) is 0 Å². The minimum Gasteiger partial charge on any atom is -0.395 e. The van der Waals surface area contributed by atoms with Crippen LogP contribution in [0.1, 0.15) is 5.56 Å². The lowest BCUT2D eigenvalue weighted by Gasteiger charge is -2.12. The number of rotatable bonds is 5. The molecule has 17 heavy (non-hydrogen) atoms. The van der Waals surface area contributed by atoms with E-state index in [4.69, 9.17) is 9.84 Å². The molecule has 0 atom stereocenters. The molecule has 0 radical (unpaired) electrons. The van der Waals surface area contributed by atoms with E-state index in [9.17, 15) is 4.79 Å². The number of halogens is 1. The van der Waals surface area contributed by atoms with Crippen molar-refractivity contribution in [1.82, 2.24) is 5.32 Å². The highest BCUT2D eigenvalue weighted by Gasteiger charge is 2.08. The average molecular weight is 303 g/mol. The van der Waals surface area contributed by atoms with Gasteiger partial charge in [0.25, 0.3) is 0 Å². The molecule has 0 aliphatic heterocycles. The largest absolute Gasteiger partial charge is 0.395 e. The number of methoxy groups -OCH3 is 1. The lowest BCUT2D eigenvalue weighted by Crippen LogP contribution is -2.31. The van der Waals surface area contributed by atoms with Gasteiger partial charge in [0.05, 0.1) is 13.2 Å². The van der Waals surface area contributed by atoms with Crippen LogP contribution in [0.25, 0.3) is 0 Å². The van der Waals surface area contributed by atoms with Crippen molar-refractivity contribution in [3.05, 3.63) is 28.2 Å². The van der Waals surface area contributed by atoms with Crippen molar-refractivity contribution in [2.24, 2.45) is 0 Å². The Balaban J connectivity index is 2.75. The van der Waals surface area contributed by atoms with Crippen LogP contribution in [0.4, 0.5) is 10.5 Å². The monoisotopic (exact) mass is 302 g/mol. The van der Waals surface area contributed by atoms with Crippen molar-refractivity contribution in [2.45, 2.75) is 6.61 Å². The molecule has 1 aromatic rings. The molecule has 0 unspecified atom stereocenters. The van der Waals surface area contributed by atoms with Crippen LogP contribution in [-0.2, 0) is 11.3 Å². The van der Waals surface area contributed by atoms with Crippen molar-refractivity contribution in [1.29, 1.82) is 0 Å². The molecular formula is C11H15BrN2O3. The molecule has 94 valence electrons. The smallest absolute Gasteiger partial charge is 0.319 e. The maximum atomic E-state index is 11.4. The Hall–Kier alpha value is -1.11. The first-order chi connectivity index (χ1) is 8.19. The van der Waals surface area contributed by atoms with Crippen LogP contribution in [0.5, 0.6) is 0 Å². The van der Waals surface area contributed by atoms with Crippen LogP contribution in [0.15, 0.2) is 22.7 Å². The molecule has 3 N–H and O–H groups in total. The number of nitrogens with one attached hydrogen (secondary N) is 2. The van der Waals surface area contributed by atoms with Crippen LogP contribution in [-0.4, -0.2) is 31.4 Å². The third-order valence-electron chi connectivity index (χ3n) is 2.05. The Bertz CT molecular complexity index is 385. The Morgan fingerprint density at radius 2 is 2.29 bits per heavy atom.